The maximum absolute atomic E-state index is 12.6. The van der Waals surface area contributed by atoms with Gasteiger partial charge in [-0.15, -0.1) is 12.4 Å². The summed E-state index contributed by atoms with van der Waals surface area (Å²) >= 11 is 0. The minimum absolute atomic E-state index is 0. The topological polar surface area (TPSA) is 44.8 Å². The molecule has 1 aliphatic rings. The third kappa shape index (κ3) is 4.83. The third-order valence-electron chi connectivity index (χ3n) is 4.54. The van der Waals surface area contributed by atoms with Crippen molar-refractivity contribution in [3.63, 3.8) is 0 Å². The zero-order valence-corrected chi connectivity index (χ0v) is 15.2. The second-order valence-electron chi connectivity index (χ2n) is 5.95. The number of rotatable bonds is 5. The van der Waals surface area contributed by atoms with E-state index in [1.807, 2.05) is 43.1 Å². The monoisotopic (exact) mass is 341 g/mol. The van der Waals surface area contributed by atoms with Gasteiger partial charge in [0, 0.05) is 38.3 Å². The Balaban J connectivity index is 0.00000264. The van der Waals surface area contributed by atoms with Crippen LogP contribution in [0.5, 0.6) is 5.75 Å². The molecule has 130 valence electrons. The predicted molar refractivity (Wildman–Crippen MR) is 95.3 cm³/mol. The van der Waals surface area contributed by atoms with Crippen LogP contribution in [0.1, 0.15) is 25.5 Å². The number of para-hydroxylation sites is 1. The summed E-state index contributed by atoms with van der Waals surface area (Å²) in [5.41, 5.74) is 1.04. The molecule has 1 aromatic carbocycles. The van der Waals surface area contributed by atoms with Crippen LogP contribution in [0.15, 0.2) is 24.3 Å². The lowest BCUT2D eigenvalue weighted by Crippen LogP contribution is -2.53. The van der Waals surface area contributed by atoms with Gasteiger partial charge in [0.1, 0.15) is 5.75 Å². The molecule has 0 saturated carbocycles. The van der Waals surface area contributed by atoms with E-state index in [4.69, 9.17) is 4.74 Å². The molecule has 0 radical (unpaired) electrons. The smallest absolute Gasteiger partial charge is 0.237 e. The number of likely N-dealkylation sites (N-methyl/N-ethyl adjacent to an activating group) is 1. The van der Waals surface area contributed by atoms with Crippen molar-refractivity contribution in [1.82, 2.24) is 15.1 Å². The van der Waals surface area contributed by atoms with Crippen molar-refractivity contribution in [2.75, 3.05) is 40.3 Å². The lowest BCUT2D eigenvalue weighted by Gasteiger charge is -2.35. The van der Waals surface area contributed by atoms with Crippen LogP contribution in [0.25, 0.3) is 0 Å². The molecular weight excluding hydrogens is 314 g/mol. The number of amides is 1. The van der Waals surface area contributed by atoms with Gasteiger partial charge in [0.15, 0.2) is 0 Å². The fraction of sp³-hybridized carbons (Fsp3) is 0.588. The molecule has 0 bridgehead atoms. The van der Waals surface area contributed by atoms with E-state index in [-0.39, 0.29) is 24.4 Å². The number of halogens is 1. The molecule has 1 N–H and O–H groups in total. The molecule has 2 rings (SSSR count). The van der Waals surface area contributed by atoms with Gasteiger partial charge in [-0.25, -0.2) is 0 Å². The van der Waals surface area contributed by atoms with Crippen molar-refractivity contribution in [3.8, 4) is 5.75 Å². The van der Waals surface area contributed by atoms with Crippen molar-refractivity contribution in [2.45, 2.75) is 25.9 Å². The van der Waals surface area contributed by atoms with Crippen molar-refractivity contribution in [2.24, 2.45) is 0 Å². The van der Waals surface area contributed by atoms with E-state index in [1.54, 1.807) is 7.11 Å². The first kappa shape index (κ1) is 19.7. The molecule has 1 unspecified atom stereocenters. The van der Waals surface area contributed by atoms with E-state index < -0.39 is 0 Å². The summed E-state index contributed by atoms with van der Waals surface area (Å²) in [5, 5.41) is 3.35. The normalized spacial score (nSPS) is 19.6. The molecule has 6 heteroatoms. The van der Waals surface area contributed by atoms with Crippen LogP contribution in [-0.4, -0.2) is 62.1 Å². The maximum atomic E-state index is 12.6. The molecule has 1 aromatic rings. The quantitative estimate of drug-likeness (QED) is 0.889. The van der Waals surface area contributed by atoms with E-state index >= 15 is 0 Å². The molecule has 0 aromatic heterocycles. The first-order valence-electron chi connectivity index (χ1n) is 7.88. The van der Waals surface area contributed by atoms with Gasteiger partial charge in [-0.1, -0.05) is 18.2 Å². The lowest BCUT2D eigenvalue weighted by molar-refractivity contribution is -0.133. The highest BCUT2D eigenvalue weighted by atomic mass is 35.5. The maximum Gasteiger partial charge on any atom is 0.237 e. The van der Waals surface area contributed by atoms with Gasteiger partial charge in [-0.05, 0) is 19.9 Å². The zero-order chi connectivity index (χ0) is 16.1. The highest BCUT2D eigenvalue weighted by molar-refractivity contribution is 5.85. The average Bonchev–Trinajstić information content (AvgIpc) is 2.55. The van der Waals surface area contributed by atoms with E-state index in [9.17, 15) is 4.79 Å². The fourth-order valence-electron chi connectivity index (χ4n) is 2.84. The summed E-state index contributed by atoms with van der Waals surface area (Å²) in [6.45, 7) is 7.48. The molecular formula is C17H28ClN3O2. The lowest BCUT2D eigenvalue weighted by atomic mass is 10.1. The van der Waals surface area contributed by atoms with Crippen LogP contribution >= 0.6 is 12.4 Å². The van der Waals surface area contributed by atoms with E-state index in [1.165, 1.54) is 0 Å². The van der Waals surface area contributed by atoms with Crippen LogP contribution in [0.4, 0.5) is 0 Å². The summed E-state index contributed by atoms with van der Waals surface area (Å²) in [4.78, 5) is 16.6. The van der Waals surface area contributed by atoms with Gasteiger partial charge < -0.3 is 15.0 Å². The number of nitrogens with one attached hydrogen (secondary N) is 1. The fourth-order valence-corrected chi connectivity index (χ4v) is 2.84. The summed E-state index contributed by atoms with van der Waals surface area (Å²) in [7, 11) is 3.53. The summed E-state index contributed by atoms with van der Waals surface area (Å²) in [6, 6.07) is 8.25. The second-order valence-corrected chi connectivity index (χ2v) is 5.95. The van der Waals surface area contributed by atoms with Crippen LogP contribution in [-0.2, 0) is 4.79 Å². The number of benzene rings is 1. The zero-order valence-electron chi connectivity index (χ0n) is 14.4. The first-order valence-corrected chi connectivity index (χ1v) is 7.88. The van der Waals surface area contributed by atoms with E-state index in [2.05, 4.69) is 17.1 Å². The Hall–Kier alpha value is -1.30. The summed E-state index contributed by atoms with van der Waals surface area (Å²) < 4.78 is 5.41. The highest BCUT2D eigenvalue weighted by Gasteiger charge is 2.25. The van der Waals surface area contributed by atoms with Crippen molar-refractivity contribution in [1.29, 1.82) is 0 Å². The first-order chi connectivity index (χ1) is 10.5. The highest BCUT2D eigenvalue weighted by Crippen LogP contribution is 2.28. The number of piperazine rings is 1. The molecule has 1 amide bonds. The van der Waals surface area contributed by atoms with E-state index in [0.29, 0.717) is 12.6 Å². The van der Waals surface area contributed by atoms with E-state index in [0.717, 1.165) is 30.9 Å². The molecule has 0 spiro atoms. The Morgan fingerprint density at radius 3 is 2.83 bits per heavy atom. The number of ether oxygens (including phenoxy) is 1. The number of carbonyl (C=O) groups excluding carboxylic acids is 1. The second kappa shape index (κ2) is 9.11. The Labute approximate surface area is 145 Å². The molecule has 23 heavy (non-hydrogen) atoms. The Morgan fingerprint density at radius 2 is 2.17 bits per heavy atom. The SMILES string of the molecule is COc1ccccc1C(C)N(C)C(=O)CN1CCNC[C@@H]1C.Cl. The number of hydrogen-bond donors (Lipinski definition) is 1. The number of methoxy groups -OCH3 is 1. The third-order valence-corrected chi connectivity index (χ3v) is 4.54. The van der Waals surface area contributed by atoms with Crippen LogP contribution < -0.4 is 10.1 Å². The summed E-state index contributed by atoms with van der Waals surface area (Å²) in [6.07, 6.45) is 0. The molecule has 0 aliphatic carbocycles. The van der Waals surface area contributed by atoms with Crippen LogP contribution in [0, 0.1) is 0 Å². The van der Waals surface area contributed by atoms with Gasteiger partial charge in [-0.2, -0.15) is 0 Å². The average molecular weight is 342 g/mol. The van der Waals surface area contributed by atoms with Crippen molar-refractivity contribution in [3.05, 3.63) is 29.8 Å². The Bertz CT molecular complexity index is 512. The van der Waals surface area contributed by atoms with Gasteiger partial charge in [0.2, 0.25) is 5.91 Å². The summed E-state index contributed by atoms with van der Waals surface area (Å²) in [5.74, 6) is 0.970. The number of carbonyl (C=O) groups is 1. The molecule has 2 atom stereocenters. The minimum atomic E-state index is -0.0122. The van der Waals surface area contributed by atoms with Gasteiger partial charge >= 0.3 is 0 Å². The number of nitrogens with zero attached hydrogens (tertiary/aromatic N) is 2. The molecule has 1 fully saturated rings. The van der Waals surface area contributed by atoms with Gasteiger partial charge in [-0.3, -0.25) is 9.69 Å². The van der Waals surface area contributed by atoms with Gasteiger partial charge in [0.25, 0.3) is 0 Å². The van der Waals surface area contributed by atoms with Crippen LogP contribution in [0.2, 0.25) is 0 Å². The Morgan fingerprint density at radius 1 is 1.48 bits per heavy atom. The molecule has 1 heterocycles. The minimum Gasteiger partial charge on any atom is -0.496 e. The standard InChI is InChI=1S/C17H27N3O2.ClH/c1-13-11-18-9-10-20(13)12-17(21)19(3)14(2)15-7-5-6-8-16(15)22-4;/h5-8,13-14,18H,9-12H2,1-4H3;1H/t13-,14?;/m0./s1. The Kier molecular flexibility index (Phi) is 7.82. The largest absolute Gasteiger partial charge is 0.496 e. The van der Waals surface area contributed by atoms with Crippen molar-refractivity contribution < 1.29 is 9.53 Å². The molecule has 1 aliphatic heterocycles. The van der Waals surface area contributed by atoms with Crippen molar-refractivity contribution >= 4 is 18.3 Å². The molecule has 1 saturated heterocycles. The molecule has 5 nitrogen and oxygen atoms in total. The van der Waals surface area contributed by atoms with Crippen LogP contribution in [0.3, 0.4) is 0 Å². The van der Waals surface area contributed by atoms with Gasteiger partial charge in [0.05, 0.1) is 19.7 Å². The predicted octanol–water partition coefficient (Wildman–Crippen LogP) is 1.93. The number of hydrogen-bond acceptors (Lipinski definition) is 4.